The number of carbonyl (C=O) groups excluding carboxylic acids is 3. The Hall–Kier alpha value is -2.94. The van der Waals surface area contributed by atoms with Gasteiger partial charge in [-0.2, -0.15) is 0 Å². The molecular formula is C19H28N4O5. The number of hydrogen-bond donors (Lipinski definition) is 5. The molecule has 0 spiro atoms. The Kier molecular flexibility index (Phi) is 9.66. The summed E-state index contributed by atoms with van der Waals surface area (Å²) in [4.78, 5) is 46.6. The third-order valence-electron chi connectivity index (χ3n) is 3.84. The first-order valence-electron chi connectivity index (χ1n) is 9.05. The molecule has 0 saturated carbocycles. The molecule has 28 heavy (non-hydrogen) atoms. The lowest BCUT2D eigenvalue weighted by molar-refractivity contribution is -0.142. The summed E-state index contributed by atoms with van der Waals surface area (Å²) in [5.41, 5.74) is 6.72. The highest BCUT2D eigenvalue weighted by molar-refractivity contribution is 5.90. The molecule has 0 fully saturated rings. The van der Waals surface area contributed by atoms with Gasteiger partial charge in [-0.15, -0.1) is 0 Å². The van der Waals surface area contributed by atoms with Crippen LogP contribution in [0.1, 0.15) is 25.8 Å². The first-order valence-corrected chi connectivity index (χ1v) is 9.05. The number of nitrogens with two attached hydrogens (primary N) is 1. The zero-order valence-electron chi connectivity index (χ0n) is 16.1. The van der Waals surface area contributed by atoms with Gasteiger partial charge in [0.2, 0.25) is 17.7 Å². The van der Waals surface area contributed by atoms with Crippen molar-refractivity contribution in [1.29, 1.82) is 0 Å². The fourth-order valence-corrected chi connectivity index (χ4v) is 2.44. The van der Waals surface area contributed by atoms with Gasteiger partial charge in [-0.3, -0.25) is 14.4 Å². The number of carboxylic acid groups (broad SMARTS) is 1. The Bertz CT molecular complexity index is 678. The summed E-state index contributed by atoms with van der Waals surface area (Å²) >= 11 is 0. The van der Waals surface area contributed by atoms with Gasteiger partial charge in [0.05, 0.1) is 19.1 Å². The first kappa shape index (κ1) is 23.1. The SMILES string of the molecule is CC(C)CC(NC(=O)CNC(=O)CNC(=O)C(N)Cc1ccccc1)C(=O)O. The number of carbonyl (C=O) groups is 4. The van der Waals surface area contributed by atoms with Crippen molar-refractivity contribution < 1.29 is 24.3 Å². The molecule has 1 aromatic carbocycles. The lowest BCUT2D eigenvalue weighted by Gasteiger charge is -2.16. The molecule has 0 aliphatic heterocycles. The molecule has 9 heteroatoms. The molecule has 2 atom stereocenters. The van der Waals surface area contributed by atoms with Crippen molar-refractivity contribution >= 4 is 23.7 Å². The van der Waals surface area contributed by atoms with E-state index in [0.29, 0.717) is 6.42 Å². The van der Waals surface area contributed by atoms with Gasteiger partial charge >= 0.3 is 5.97 Å². The predicted octanol–water partition coefficient (Wildman–Crippen LogP) is -0.596. The molecule has 154 valence electrons. The van der Waals surface area contributed by atoms with Gasteiger partial charge in [-0.25, -0.2) is 4.79 Å². The van der Waals surface area contributed by atoms with Crippen LogP contribution in [0.15, 0.2) is 30.3 Å². The number of rotatable bonds is 11. The molecule has 0 aliphatic rings. The second kappa shape index (κ2) is 11.7. The summed E-state index contributed by atoms with van der Waals surface area (Å²) in [6, 6.07) is 7.43. The fourth-order valence-electron chi connectivity index (χ4n) is 2.44. The lowest BCUT2D eigenvalue weighted by Crippen LogP contribution is -2.49. The third kappa shape index (κ3) is 9.13. The van der Waals surface area contributed by atoms with Crippen molar-refractivity contribution in [1.82, 2.24) is 16.0 Å². The molecule has 0 radical (unpaired) electrons. The van der Waals surface area contributed by atoms with Gasteiger partial charge in [0.1, 0.15) is 6.04 Å². The summed E-state index contributed by atoms with van der Waals surface area (Å²) < 4.78 is 0. The maximum absolute atomic E-state index is 12.0. The summed E-state index contributed by atoms with van der Waals surface area (Å²) in [6.45, 7) is 2.97. The second-order valence-corrected chi connectivity index (χ2v) is 6.88. The highest BCUT2D eigenvalue weighted by atomic mass is 16.4. The topological polar surface area (TPSA) is 151 Å². The Morgan fingerprint density at radius 3 is 2.18 bits per heavy atom. The highest BCUT2D eigenvalue weighted by Gasteiger charge is 2.21. The standard InChI is InChI=1S/C19H28N4O5/c1-12(2)8-15(19(27)28)23-17(25)11-21-16(24)10-22-18(26)14(20)9-13-6-4-3-5-7-13/h3-7,12,14-15H,8-11,20H2,1-2H3,(H,21,24)(H,22,26)(H,23,25)(H,27,28). The van der Waals surface area contributed by atoms with Gasteiger partial charge in [-0.05, 0) is 24.3 Å². The van der Waals surface area contributed by atoms with E-state index in [1.165, 1.54) is 0 Å². The third-order valence-corrected chi connectivity index (χ3v) is 3.84. The predicted molar refractivity (Wildman–Crippen MR) is 103 cm³/mol. The van der Waals surface area contributed by atoms with Crippen molar-refractivity contribution in [2.45, 2.75) is 38.8 Å². The van der Waals surface area contributed by atoms with Crippen molar-refractivity contribution in [2.75, 3.05) is 13.1 Å². The molecule has 0 saturated heterocycles. The number of nitrogens with one attached hydrogen (secondary N) is 3. The van der Waals surface area contributed by atoms with Gasteiger partial charge in [0, 0.05) is 0 Å². The smallest absolute Gasteiger partial charge is 0.326 e. The molecule has 2 unspecified atom stereocenters. The van der Waals surface area contributed by atoms with Crippen LogP contribution < -0.4 is 21.7 Å². The lowest BCUT2D eigenvalue weighted by atomic mass is 10.0. The molecule has 0 aromatic heterocycles. The van der Waals surface area contributed by atoms with Crippen LogP contribution in [0.3, 0.4) is 0 Å². The van der Waals surface area contributed by atoms with Crippen molar-refractivity contribution in [3.63, 3.8) is 0 Å². The average Bonchev–Trinajstić information content (AvgIpc) is 2.64. The Morgan fingerprint density at radius 1 is 1.00 bits per heavy atom. The molecule has 0 bridgehead atoms. The maximum Gasteiger partial charge on any atom is 0.326 e. The monoisotopic (exact) mass is 392 g/mol. The van der Waals surface area contributed by atoms with Crippen LogP contribution in [0, 0.1) is 5.92 Å². The molecule has 3 amide bonds. The molecule has 1 aromatic rings. The Morgan fingerprint density at radius 2 is 1.61 bits per heavy atom. The first-order chi connectivity index (χ1) is 13.2. The van der Waals surface area contributed by atoms with Crippen LogP contribution in [-0.4, -0.2) is 54.0 Å². The van der Waals surface area contributed by atoms with E-state index in [9.17, 15) is 19.2 Å². The van der Waals surface area contributed by atoms with E-state index >= 15 is 0 Å². The fraction of sp³-hybridized carbons (Fsp3) is 0.474. The zero-order chi connectivity index (χ0) is 21.1. The van der Waals surface area contributed by atoms with Crippen LogP contribution in [0.25, 0.3) is 0 Å². The normalized spacial score (nSPS) is 12.7. The van der Waals surface area contributed by atoms with Crippen LogP contribution in [0.4, 0.5) is 0 Å². The molecule has 0 aliphatic carbocycles. The zero-order valence-corrected chi connectivity index (χ0v) is 16.1. The van der Waals surface area contributed by atoms with E-state index < -0.39 is 35.8 Å². The Balaban J connectivity index is 2.32. The van der Waals surface area contributed by atoms with Crippen LogP contribution in [-0.2, 0) is 25.6 Å². The number of benzene rings is 1. The number of aliphatic carboxylic acids is 1. The van der Waals surface area contributed by atoms with E-state index in [0.717, 1.165) is 5.56 Å². The Labute approximate surface area is 164 Å². The van der Waals surface area contributed by atoms with Gasteiger partial charge in [-0.1, -0.05) is 44.2 Å². The van der Waals surface area contributed by atoms with E-state index in [1.54, 1.807) is 0 Å². The number of amides is 3. The van der Waals surface area contributed by atoms with E-state index in [-0.39, 0.29) is 25.4 Å². The summed E-state index contributed by atoms with van der Waals surface area (Å²) in [6.07, 6.45) is 0.619. The minimum absolute atomic E-state index is 0.0892. The maximum atomic E-state index is 12.0. The summed E-state index contributed by atoms with van der Waals surface area (Å²) in [5.74, 6) is -2.72. The van der Waals surface area contributed by atoms with E-state index in [1.807, 2.05) is 44.2 Å². The van der Waals surface area contributed by atoms with Crippen LogP contribution in [0.5, 0.6) is 0 Å². The molecule has 9 nitrogen and oxygen atoms in total. The van der Waals surface area contributed by atoms with Crippen LogP contribution >= 0.6 is 0 Å². The van der Waals surface area contributed by atoms with E-state index in [2.05, 4.69) is 16.0 Å². The largest absolute Gasteiger partial charge is 0.480 e. The molecular weight excluding hydrogens is 364 g/mol. The highest BCUT2D eigenvalue weighted by Crippen LogP contribution is 2.04. The molecule has 6 N–H and O–H groups in total. The van der Waals surface area contributed by atoms with Gasteiger partial charge < -0.3 is 26.8 Å². The quantitative estimate of drug-likeness (QED) is 0.339. The average molecular weight is 392 g/mol. The number of carboxylic acids is 1. The van der Waals surface area contributed by atoms with Crippen molar-refractivity contribution in [3.05, 3.63) is 35.9 Å². The molecule has 0 heterocycles. The van der Waals surface area contributed by atoms with Gasteiger partial charge in [0.15, 0.2) is 0 Å². The summed E-state index contributed by atoms with van der Waals surface area (Å²) in [5, 5.41) is 16.2. The van der Waals surface area contributed by atoms with Gasteiger partial charge in [0.25, 0.3) is 0 Å². The minimum Gasteiger partial charge on any atom is -0.480 e. The molecule has 1 rings (SSSR count). The van der Waals surface area contributed by atoms with E-state index in [4.69, 9.17) is 10.8 Å². The van der Waals surface area contributed by atoms with Crippen molar-refractivity contribution in [3.8, 4) is 0 Å². The number of hydrogen-bond acceptors (Lipinski definition) is 5. The van der Waals surface area contributed by atoms with Crippen molar-refractivity contribution in [2.24, 2.45) is 11.7 Å². The van der Waals surface area contributed by atoms with Crippen LogP contribution in [0.2, 0.25) is 0 Å². The summed E-state index contributed by atoms with van der Waals surface area (Å²) in [7, 11) is 0. The minimum atomic E-state index is -1.13. The second-order valence-electron chi connectivity index (χ2n) is 6.88.